The van der Waals surface area contributed by atoms with Crippen LogP contribution in [0.2, 0.25) is 0 Å². The fourth-order valence-electron chi connectivity index (χ4n) is 5.87. The number of nitrogens with zero attached hydrogens (tertiary/aromatic N) is 1. The highest BCUT2D eigenvalue weighted by Crippen LogP contribution is 2.41. The lowest BCUT2D eigenvalue weighted by atomic mass is 9.96. The Labute approximate surface area is 290 Å². The molecular weight excluding hydrogens is 674 g/mol. The first-order valence-electron chi connectivity index (χ1n) is 15.7. The lowest BCUT2D eigenvalue weighted by Crippen LogP contribution is -2.61. The Hall–Kier alpha value is -4.86. The van der Waals surface area contributed by atoms with Crippen molar-refractivity contribution in [2.75, 3.05) is 26.7 Å². The summed E-state index contributed by atoms with van der Waals surface area (Å²) in [4.78, 5) is 64.0. The van der Waals surface area contributed by atoms with Crippen molar-refractivity contribution in [2.45, 2.75) is 68.9 Å². The Balaban J connectivity index is 1.49. The molecule has 0 radical (unpaired) electrons. The van der Waals surface area contributed by atoms with Gasteiger partial charge in [0, 0.05) is 63.4 Å². The molecular formula is C35H37NO13S. The van der Waals surface area contributed by atoms with Crippen LogP contribution in [0.25, 0.3) is 27.9 Å². The minimum Gasteiger partial charge on any atom is -0.507 e. The first-order valence-corrected chi connectivity index (χ1v) is 16.6. The van der Waals surface area contributed by atoms with Crippen molar-refractivity contribution < 1.29 is 57.5 Å². The lowest BCUT2D eigenvalue weighted by Gasteiger charge is -2.44. The molecule has 2 aliphatic rings. The van der Waals surface area contributed by atoms with Gasteiger partial charge >= 0.3 is 23.9 Å². The second kappa shape index (κ2) is 15.4. The van der Waals surface area contributed by atoms with Gasteiger partial charge in [0.15, 0.2) is 29.3 Å². The number of phenols is 2. The van der Waals surface area contributed by atoms with Crippen molar-refractivity contribution >= 4 is 52.2 Å². The monoisotopic (exact) mass is 711 g/mol. The van der Waals surface area contributed by atoms with E-state index in [1.165, 1.54) is 19.9 Å². The molecule has 3 heterocycles. The number of esters is 4. The van der Waals surface area contributed by atoms with E-state index in [1.54, 1.807) is 24.3 Å². The van der Waals surface area contributed by atoms with Crippen LogP contribution in [0, 0.1) is 0 Å². The van der Waals surface area contributed by atoms with Crippen LogP contribution in [0.4, 0.5) is 0 Å². The molecule has 0 spiro atoms. The molecule has 1 saturated heterocycles. The van der Waals surface area contributed by atoms with Gasteiger partial charge in [-0.1, -0.05) is 30.0 Å². The molecule has 0 aliphatic carbocycles. The number of carbonyl (C=O) groups excluding carboxylic acids is 4. The van der Waals surface area contributed by atoms with Gasteiger partial charge in [0.1, 0.15) is 40.8 Å². The van der Waals surface area contributed by atoms with Gasteiger partial charge in [0.25, 0.3) is 0 Å². The molecule has 0 amide bonds. The Morgan fingerprint density at radius 2 is 1.52 bits per heavy atom. The average molecular weight is 712 g/mol. The number of thioether (sulfide) groups is 1. The highest BCUT2D eigenvalue weighted by atomic mass is 32.2. The molecule has 5 rings (SSSR count). The van der Waals surface area contributed by atoms with Crippen LogP contribution in [0.15, 0.2) is 56.6 Å². The molecule has 0 bridgehead atoms. The third-order valence-electron chi connectivity index (χ3n) is 8.03. The number of carbonyl (C=O) groups is 4. The van der Waals surface area contributed by atoms with Crippen LogP contribution in [-0.2, 0) is 42.9 Å². The predicted molar refractivity (Wildman–Crippen MR) is 179 cm³/mol. The normalized spacial score (nSPS) is 22.3. The van der Waals surface area contributed by atoms with E-state index in [9.17, 15) is 34.2 Å². The van der Waals surface area contributed by atoms with Crippen LogP contribution in [0.3, 0.4) is 0 Å². The molecule has 15 heteroatoms. The van der Waals surface area contributed by atoms with Gasteiger partial charge in [-0.3, -0.25) is 24.0 Å². The standard InChI is InChI=1S/C35H37NO13S/c1-17(37)44-16-28-31(45-18(2)38)33(46-19(3)39)34(47-20(4)40)35(49-28)50-23-8-6-21(7-9-23)27-15-26(43)30-25(42)14-24(41)29(32(30)48-27)22-10-12-36(5)13-11-22/h6-10,14-15,28,31,33-35,41-42H,11-13,16H2,1-5H3/t28-,31+,33+,34-,35-/m0/s1. The minimum absolute atomic E-state index is 0.0442. The molecule has 2 aromatic carbocycles. The van der Waals surface area contributed by atoms with Crippen molar-refractivity contribution in [3.63, 3.8) is 0 Å². The molecule has 0 unspecified atom stereocenters. The maximum Gasteiger partial charge on any atom is 0.303 e. The number of likely N-dealkylation sites (N-methyl/N-ethyl adjacent to an activating group) is 1. The number of fused-ring (bicyclic) bond motifs is 1. The molecule has 2 N–H and O–H groups in total. The number of ether oxygens (including phenoxy) is 5. The number of aromatic hydroxyl groups is 2. The molecule has 5 atom stereocenters. The quantitative estimate of drug-likeness (QED) is 0.241. The fourth-order valence-corrected chi connectivity index (χ4v) is 6.97. The Bertz CT molecular complexity index is 1890. The summed E-state index contributed by atoms with van der Waals surface area (Å²) in [7, 11) is 1.97. The summed E-state index contributed by atoms with van der Waals surface area (Å²) in [6, 6.07) is 9.14. The van der Waals surface area contributed by atoms with E-state index in [1.807, 2.05) is 13.1 Å². The zero-order chi connectivity index (χ0) is 36.3. The number of hydrogen-bond acceptors (Lipinski definition) is 15. The number of rotatable bonds is 9. The fraction of sp³-hybridized carbons (Fsp3) is 0.400. The van der Waals surface area contributed by atoms with Crippen LogP contribution >= 0.6 is 11.8 Å². The summed E-state index contributed by atoms with van der Waals surface area (Å²) < 4.78 is 34.0. The van der Waals surface area contributed by atoms with Crippen LogP contribution in [-0.4, -0.2) is 95.6 Å². The van der Waals surface area contributed by atoms with Gasteiger partial charge in [-0.2, -0.15) is 0 Å². The summed E-state index contributed by atoms with van der Waals surface area (Å²) in [6.45, 7) is 5.67. The van der Waals surface area contributed by atoms with Crippen molar-refractivity contribution in [1.82, 2.24) is 4.90 Å². The number of hydrogen-bond donors (Lipinski definition) is 2. The van der Waals surface area contributed by atoms with Gasteiger partial charge in [-0.05, 0) is 31.2 Å². The molecule has 50 heavy (non-hydrogen) atoms. The highest BCUT2D eigenvalue weighted by molar-refractivity contribution is 7.99. The first-order chi connectivity index (χ1) is 23.7. The predicted octanol–water partition coefficient (Wildman–Crippen LogP) is 3.77. The Morgan fingerprint density at radius 3 is 2.12 bits per heavy atom. The number of phenolic OH excluding ortho intramolecular Hbond substituents is 2. The Kier molecular flexibility index (Phi) is 11.2. The second-order valence-corrected chi connectivity index (χ2v) is 13.1. The number of benzene rings is 2. The first kappa shape index (κ1) is 36.4. The van der Waals surface area contributed by atoms with E-state index in [0.29, 0.717) is 29.0 Å². The van der Waals surface area contributed by atoms with E-state index in [4.69, 9.17) is 28.1 Å². The van der Waals surface area contributed by atoms with E-state index >= 15 is 0 Å². The van der Waals surface area contributed by atoms with Gasteiger partial charge in [0.05, 0.1) is 5.56 Å². The average Bonchev–Trinajstić information content (AvgIpc) is 3.03. The van der Waals surface area contributed by atoms with E-state index < -0.39 is 64.9 Å². The SMILES string of the molecule is CC(=O)OC[C@@H]1O[C@@H](Sc2ccc(-c3cc(=O)c4c(O)cc(O)c(C5=CCN(C)CC5)c4o3)cc2)[C@@H](OC(C)=O)[C@H](OC(C)=O)[C@@H]1OC(C)=O. The molecule has 266 valence electrons. The van der Waals surface area contributed by atoms with E-state index in [2.05, 4.69) is 4.90 Å². The van der Waals surface area contributed by atoms with Crippen molar-refractivity contribution in [1.29, 1.82) is 0 Å². The summed E-state index contributed by atoms with van der Waals surface area (Å²) in [5.41, 5.74) is 0.182. The Morgan fingerprint density at radius 1 is 0.880 bits per heavy atom. The van der Waals surface area contributed by atoms with Crippen molar-refractivity contribution in [3.8, 4) is 22.8 Å². The summed E-state index contributed by atoms with van der Waals surface area (Å²) >= 11 is 1.10. The smallest absolute Gasteiger partial charge is 0.303 e. The molecule has 0 saturated carbocycles. The van der Waals surface area contributed by atoms with Gasteiger partial charge < -0.3 is 43.2 Å². The third-order valence-corrected chi connectivity index (χ3v) is 9.19. The van der Waals surface area contributed by atoms with Gasteiger partial charge in [0.2, 0.25) is 0 Å². The third kappa shape index (κ3) is 8.29. The highest BCUT2D eigenvalue weighted by Gasteiger charge is 2.52. The van der Waals surface area contributed by atoms with E-state index in [0.717, 1.165) is 43.8 Å². The zero-order valence-electron chi connectivity index (χ0n) is 28.0. The molecule has 2 aliphatic heterocycles. The van der Waals surface area contributed by atoms with Crippen molar-refractivity contribution in [3.05, 3.63) is 58.3 Å². The largest absolute Gasteiger partial charge is 0.507 e. The van der Waals surface area contributed by atoms with Crippen LogP contribution in [0.1, 0.15) is 39.7 Å². The summed E-state index contributed by atoms with van der Waals surface area (Å²) in [5.74, 6) is -3.22. The molecule has 1 fully saturated rings. The molecule has 3 aromatic rings. The topological polar surface area (TPSA) is 188 Å². The van der Waals surface area contributed by atoms with Gasteiger partial charge in [-0.15, -0.1) is 0 Å². The molecule has 1 aromatic heterocycles. The van der Waals surface area contributed by atoms with Crippen molar-refractivity contribution in [2.24, 2.45) is 0 Å². The zero-order valence-corrected chi connectivity index (χ0v) is 28.8. The summed E-state index contributed by atoms with van der Waals surface area (Å²) in [5, 5.41) is 21.4. The summed E-state index contributed by atoms with van der Waals surface area (Å²) in [6.07, 6.45) is -2.37. The minimum atomic E-state index is -1.31. The maximum absolute atomic E-state index is 13.3. The second-order valence-electron chi connectivity index (χ2n) is 11.9. The van der Waals surface area contributed by atoms with E-state index in [-0.39, 0.29) is 29.1 Å². The maximum atomic E-state index is 13.3. The van der Waals surface area contributed by atoms with Gasteiger partial charge in [-0.25, -0.2) is 0 Å². The lowest BCUT2D eigenvalue weighted by molar-refractivity contribution is -0.237. The molecule has 14 nitrogen and oxygen atoms in total. The van der Waals surface area contributed by atoms with Crippen LogP contribution < -0.4 is 5.43 Å². The van der Waals surface area contributed by atoms with Crippen LogP contribution in [0.5, 0.6) is 11.5 Å².